The van der Waals surface area contributed by atoms with Crippen molar-refractivity contribution >= 4 is 12.0 Å². The van der Waals surface area contributed by atoms with Gasteiger partial charge in [0, 0.05) is 26.2 Å². The molecule has 0 saturated carbocycles. The van der Waals surface area contributed by atoms with Crippen LogP contribution in [0.25, 0.3) is 0 Å². The van der Waals surface area contributed by atoms with Crippen LogP contribution in [0.4, 0.5) is 4.79 Å². The molecule has 2 saturated heterocycles. The first-order chi connectivity index (χ1) is 8.97. The van der Waals surface area contributed by atoms with Crippen LogP contribution in [-0.4, -0.2) is 65.3 Å². The lowest BCUT2D eigenvalue weighted by Gasteiger charge is -2.40. The molecule has 2 aliphatic heterocycles. The van der Waals surface area contributed by atoms with E-state index in [9.17, 15) is 9.59 Å². The Morgan fingerprint density at radius 1 is 1.05 bits per heavy atom. The van der Waals surface area contributed by atoms with E-state index >= 15 is 0 Å². The zero-order valence-electron chi connectivity index (χ0n) is 11.5. The molecular weight excluding hydrogens is 248 g/mol. The Kier molecular flexibility index (Phi) is 4.29. The van der Waals surface area contributed by atoms with Gasteiger partial charge in [-0.2, -0.15) is 0 Å². The molecule has 2 atom stereocenters. The second-order valence-corrected chi connectivity index (χ2v) is 5.54. The highest BCUT2D eigenvalue weighted by Crippen LogP contribution is 2.20. The van der Waals surface area contributed by atoms with Crippen LogP contribution in [0.5, 0.6) is 0 Å². The number of ether oxygens (including phenoxy) is 1. The molecule has 2 amide bonds. The van der Waals surface area contributed by atoms with Gasteiger partial charge in [-0.15, -0.1) is 0 Å². The van der Waals surface area contributed by atoms with Crippen molar-refractivity contribution in [3.05, 3.63) is 0 Å². The fourth-order valence-corrected chi connectivity index (χ4v) is 2.85. The van der Waals surface area contributed by atoms with Crippen LogP contribution in [0.3, 0.4) is 0 Å². The standard InChI is InChI=1S/C13H22N2O4/c1-9-7-15(8-10(2)19-9)13(18)14-5-3-11(4-6-14)12(16)17/h9-11H,3-8H2,1-2H3,(H,16,17). The predicted octanol–water partition coefficient (Wildman–Crippen LogP) is 1.01. The summed E-state index contributed by atoms with van der Waals surface area (Å²) in [4.78, 5) is 26.8. The van der Waals surface area contributed by atoms with Gasteiger partial charge in [0.25, 0.3) is 0 Å². The van der Waals surface area contributed by atoms with Crippen LogP contribution in [0.15, 0.2) is 0 Å². The quantitative estimate of drug-likeness (QED) is 0.772. The Morgan fingerprint density at radius 2 is 1.58 bits per heavy atom. The monoisotopic (exact) mass is 270 g/mol. The molecule has 2 aliphatic rings. The predicted molar refractivity (Wildman–Crippen MR) is 68.9 cm³/mol. The number of carboxylic acid groups (broad SMARTS) is 1. The van der Waals surface area contributed by atoms with Crippen molar-refractivity contribution in [3.63, 3.8) is 0 Å². The van der Waals surface area contributed by atoms with Crippen molar-refractivity contribution in [2.45, 2.75) is 38.9 Å². The summed E-state index contributed by atoms with van der Waals surface area (Å²) in [6.45, 7) is 6.23. The van der Waals surface area contributed by atoms with E-state index in [2.05, 4.69) is 0 Å². The number of nitrogens with zero attached hydrogens (tertiary/aromatic N) is 2. The Hall–Kier alpha value is -1.30. The maximum Gasteiger partial charge on any atom is 0.320 e. The summed E-state index contributed by atoms with van der Waals surface area (Å²) < 4.78 is 5.61. The molecule has 6 nitrogen and oxygen atoms in total. The molecule has 2 fully saturated rings. The minimum absolute atomic E-state index is 0.0193. The molecule has 0 aliphatic carbocycles. The molecule has 2 heterocycles. The summed E-state index contributed by atoms with van der Waals surface area (Å²) in [5, 5.41) is 8.95. The maximum absolute atomic E-state index is 12.4. The maximum atomic E-state index is 12.4. The molecule has 0 aromatic heterocycles. The number of hydrogen-bond acceptors (Lipinski definition) is 3. The van der Waals surface area contributed by atoms with Crippen molar-refractivity contribution in [3.8, 4) is 0 Å². The Labute approximate surface area is 113 Å². The third-order valence-electron chi connectivity index (χ3n) is 3.80. The number of urea groups is 1. The average Bonchev–Trinajstić information content (AvgIpc) is 2.37. The minimum Gasteiger partial charge on any atom is -0.481 e. The van der Waals surface area contributed by atoms with Crippen molar-refractivity contribution in [1.29, 1.82) is 0 Å². The van der Waals surface area contributed by atoms with E-state index < -0.39 is 5.97 Å². The average molecular weight is 270 g/mol. The molecule has 2 unspecified atom stereocenters. The third kappa shape index (κ3) is 3.37. The lowest BCUT2D eigenvalue weighted by molar-refractivity contribution is -0.143. The molecule has 0 aromatic carbocycles. The van der Waals surface area contributed by atoms with Gasteiger partial charge in [0.2, 0.25) is 0 Å². The number of hydrogen-bond donors (Lipinski definition) is 1. The fourth-order valence-electron chi connectivity index (χ4n) is 2.85. The Morgan fingerprint density at radius 3 is 2.05 bits per heavy atom. The highest BCUT2D eigenvalue weighted by molar-refractivity contribution is 5.75. The fraction of sp³-hybridized carbons (Fsp3) is 0.846. The number of rotatable bonds is 1. The van der Waals surface area contributed by atoms with Crippen LogP contribution >= 0.6 is 0 Å². The van der Waals surface area contributed by atoms with Gasteiger partial charge < -0.3 is 19.6 Å². The Balaban J connectivity index is 1.88. The smallest absolute Gasteiger partial charge is 0.320 e. The molecule has 0 bridgehead atoms. The van der Waals surface area contributed by atoms with E-state index in [1.807, 2.05) is 18.7 Å². The highest BCUT2D eigenvalue weighted by atomic mass is 16.5. The van der Waals surface area contributed by atoms with E-state index in [1.54, 1.807) is 4.90 Å². The molecule has 0 spiro atoms. The molecule has 1 N–H and O–H groups in total. The van der Waals surface area contributed by atoms with Gasteiger partial charge in [-0.3, -0.25) is 4.79 Å². The molecule has 6 heteroatoms. The largest absolute Gasteiger partial charge is 0.481 e. The van der Waals surface area contributed by atoms with Crippen LogP contribution in [0.1, 0.15) is 26.7 Å². The number of likely N-dealkylation sites (tertiary alicyclic amines) is 1. The number of piperidine rings is 1. The summed E-state index contributed by atoms with van der Waals surface area (Å²) in [6, 6.07) is 0.0193. The van der Waals surface area contributed by atoms with Crippen molar-refractivity contribution in [2.24, 2.45) is 5.92 Å². The van der Waals surface area contributed by atoms with Crippen molar-refractivity contribution < 1.29 is 19.4 Å². The van der Waals surface area contributed by atoms with Crippen molar-refractivity contribution in [1.82, 2.24) is 9.80 Å². The van der Waals surface area contributed by atoms with Crippen LogP contribution in [0.2, 0.25) is 0 Å². The minimum atomic E-state index is -0.749. The first-order valence-corrected chi connectivity index (χ1v) is 6.89. The van der Waals surface area contributed by atoms with E-state index in [0.717, 1.165) is 0 Å². The molecule has 19 heavy (non-hydrogen) atoms. The summed E-state index contributed by atoms with van der Waals surface area (Å²) in [6.07, 6.45) is 1.22. The van der Waals surface area contributed by atoms with E-state index in [0.29, 0.717) is 39.0 Å². The zero-order valence-corrected chi connectivity index (χ0v) is 11.5. The van der Waals surface area contributed by atoms with E-state index in [-0.39, 0.29) is 24.2 Å². The van der Waals surface area contributed by atoms with Gasteiger partial charge in [0.1, 0.15) is 0 Å². The van der Waals surface area contributed by atoms with Gasteiger partial charge in [-0.25, -0.2) is 4.79 Å². The Bertz CT molecular complexity index is 343. The number of amides is 2. The zero-order chi connectivity index (χ0) is 14.0. The van der Waals surface area contributed by atoms with E-state index in [1.165, 1.54) is 0 Å². The summed E-state index contributed by atoms with van der Waals surface area (Å²) in [7, 11) is 0. The first kappa shape index (κ1) is 14.1. The molecule has 0 aromatic rings. The third-order valence-corrected chi connectivity index (χ3v) is 3.80. The van der Waals surface area contributed by atoms with Crippen LogP contribution < -0.4 is 0 Å². The van der Waals surface area contributed by atoms with Crippen LogP contribution in [0, 0.1) is 5.92 Å². The molecular formula is C13H22N2O4. The van der Waals surface area contributed by atoms with Gasteiger partial charge >= 0.3 is 12.0 Å². The lowest BCUT2D eigenvalue weighted by Crippen LogP contribution is -2.54. The SMILES string of the molecule is CC1CN(C(=O)N2CCC(C(=O)O)CC2)CC(C)O1. The number of carbonyl (C=O) groups excluding carboxylic acids is 1. The second-order valence-electron chi connectivity index (χ2n) is 5.54. The molecule has 2 rings (SSSR count). The molecule has 108 valence electrons. The first-order valence-electron chi connectivity index (χ1n) is 6.89. The normalized spacial score (nSPS) is 29.4. The topological polar surface area (TPSA) is 70.1 Å². The van der Waals surface area contributed by atoms with Gasteiger partial charge in [-0.1, -0.05) is 0 Å². The summed E-state index contributed by atoms with van der Waals surface area (Å²) >= 11 is 0. The number of carboxylic acids is 1. The second kappa shape index (κ2) is 5.77. The lowest BCUT2D eigenvalue weighted by atomic mass is 9.97. The van der Waals surface area contributed by atoms with Crippen LogP contribution in [-0.2, 0) is 9.53 Å². The van der Waals surface area contributed by atoms with E-state index in [4.69, 9.17) is 9.84 Å². The van der Waals surface area contributed by atoms with Gasteiger partial charge in [-0.05, 0) is 26.7 Å². The molecule has 0 radical (unpaired) electrons. The van der Waals surface area contributed by atoms with Crippen molar-refractivity contribution in [2.75, 3.05) is 26.2 Å². The number of aliphatic carboxylic acids is 1. The highest BCUT2D eigenvalue weighted by Gasteiger charge is 2.32. The number of morpholine rings is 1. The summed E-state index contributed by atoms with van der Waals surface area (Å²) in [5.41, 5.74) is 0. The summed E-state index contributed by atoms with van der Waals surface area (Å²) in [5.74, 6) is -1.05. The number of carbonyl (C=O) groups is 2. The van der Waals surface area contributed by atoms with Gasteiger partial charge in [0.05, 0.1) is 18.1 Å². The van der Waals surface area contributed by atoms with Gasteiger partial charge in [0.15, 0.2) is 0 Å².